The molecular weight excluding hydrogens is 723 g/mol. The molecule has 0 radical (unpaired) electrons. The van der Waals surface area contributed by atoms with E-state index in [0.29, 0.717) is 25.1 Å². The summed E-state index contributed by atoms with van der Waals surface area (Å²) in [5.41, 5.74) is 1.67. The SMILES string of the molecule is C=[N+](CCCN(CCCCCCCCOC(CCCCCCCC)CCCCCCCC)CCCCCCCC(=O)OCCCCCCCCC)/C(=N/N[O-])N(C)C. The maximum absolute atomic E-state index is 12.2. The molecule has 0 atom stereocenters. The maximum Gasteiger partial charge on any atom is 0.412 e. The third kappa shape index (κ3) is 38.5. The predicted octanol–water partition coefficient (Wildman–Crippen LogP) is 13.2. The molecule has 0 saturated heterocycles. The van der Waals surface area contributed by atoms with E-state index < -0.39 is 0 Å². The second kappa shape index (κ2) is 44.8. The molecule has 0 aliphatic carbocycles. The molecule has 0 aliphatic heterocycles. The van der Waals surface area contributed by atoms with Crippen molar-refractivity contribution in [1.29, 1.82) is 0 Å². The predicted molar refractivity (Wildman–Crippen MR) is 251 cm³/mol. The zero-order valence-corrected chi connectivity index (χ0v) is 39.5. The van der Waals surface area contributed by atoms with Crippen LogP contribution in [0.5, 0.6) is 0 Å². The average Bonchev–Trinajstić information content (AvgIpc) is 3.21. The minimum Gasteiger partial charge on any atom is -0.732 e. The van der Waals surface area contributed by atoms with E-state index in [-0.39, 0.29) is 5.97 Å². The quantitative estimate of drug-likeness (QED) is 0.0163. The molecule has 0 aromatic heterocycles. The highest BCUT2D eigenvalue weighted by molar-refractivity contribution is 5.72. The third-order valence-electron chi connectivity index (χ3n) is 11.6. The van der Waals surface area contributed by atoms with Crippen molar-refractivity contribution in [3.05, 3.63) is 5.21 Å². The molecule has 0 aliphatic rings. The Morgan fingerprint density at radius 2 is 1.00 bits per heavy atom. The molecule has 0 unspecified atom stereocenters. The van der Waals surface area contributed by atoms with E-state index in [1.165, 1.54) is 186 Å². The summed E-state index contributed by atoms with van der Waals surface area (Å²) >= 11 is 0. The van der Waals surface area contributed by atoms with Crippen LogP contribution in [0.1, 0.15) is 239 Å². The van der Waals surface area contributed by atoms with Gasteiger partial charge in [-0.2, -0.15) is 0 Å². The van der Waals surface area contributed by atoms with Gasteiger partial charge in [0.2, 0.25) is 0 Å². The van der Waals surface area contributed by atoms with Crippen LogP contribution in [0.3, 0.4) is 0 Å². The van der Waals surface area contributed by atoms with Crippen molar-refractivity contribution in [1.82, 2.24) is 15.4 Å². The van der Waals surface area contributed by atoms with Crippen molar-refractivity contribution in [3.63, 3.8) is 0 Å². The number of carbonyl (C=O) groups is 1. The lowest BCUT2D eigenvalue weighted by molar-refractivity contribution is -0.411. The van der Waals surface area contributed by atoms with Gasteiger partial charge < -0.3 is 25.2 Å². The average molecular weight is 822 g/mol. The largest absolute Gasteiger partial charge is 0.732 e. The summed E-state index contributed by atoms with van der Waals surface area (Å²) in [6.45, 7) is 16.5. The Kier molecular flexibility index (Phi) is 43.5. The topological polar surface area (TPSA) is 92.5 Å². The number of hydrogen-bond donors (Lipinski definition) is 1. The molecule has 0 aromatic carbocycles. The molecule has 9 heteroatoms. The molecule has 1 N–H and O–H groups in total. The van der Waals surface area contributed by atoms with Crippen molar-refractivity contribution in [2.24, 2.45) is 5.10 Å². The molecule has 0 bridgehead atoms. The lowest BCUT2D eigenvalue weighted by atomic mass is 10.0. The third-order valence-corrected chi connectivity index (χ3v) is 11.6. The minimum absolute atomic E-state index is 0.0234. The van der Waals surface area contributed by atoms with Crippen LogP contribution in [-0.2, 0) is 14.3 Å². The number of unbranched alkanes of at least 4 members (excludes halogenated alkanes) is 25. The molecule has 0 amide bonds. The molecule has 58 heavy (non-hydrogen) atoms. The Hall–Kier alpha value is -1.71. The lowest BCUT2D eigenvalue weighted by Gasteiger charge is -2.23. The molecule has 9 nitrogen and oxygen atoms in total. The normalized spacial score (nSPS) is 11.9. The number of hydrazone groups is 1. The second-order valence-corrected chi connectivity index (χ2v) is 17.4. The fraction of sp³-hybridized carbons (Fsp3) is 0.939. The Labute approximate surface area is 360 Å². The van der Waals surface area contributed by atoms with Crippen molar-refractivity contribution in [2.45, 2.75) is 245 Å². The van der Waals surface area contributed by atoms with Crippen molar-refractivity contribution < 1.29 is 18.8 Å². The number of hydrogen-bond acceptors (Lipinski definition) is 7. The van der Waals surface area contributed by atoms with Crippen LogP contribution in [0.25, 0.3) is 0 Å². The van der Waals surface area contributed by atoms with Gasteiger partial charge >= 0.3 is 11.9 Å². The standard InChI is InChI=1S/C49H99N5O4/c1-7-10-13-16-20-29-36-46-58-48(55)40-32-25-22-27-34-43-54(44-37-41-53(6)49(50-51-56)52(4)5)42-33-26-19-21-28-35-45-57-47(38-30-23-17-14-11-8-2)39-31-24-18-15-12-9-3/h47,51H,6-46H2,1-5H3/b50-49+. The summed E-state index contributed by atoms with van der Waals surface area (Å²) in [7, 11) is 3.75. The van der Waals surface area contributed by atoms with E-state index in [1.807, 2.05) is 19.0 Å². The first-order valence-electron chi connectivity index (χ1n) is 25.1. The van der Waals surface area contributed by atoms with E-state index in [0.717, 1.165) is 58.5 Å². The van der Waals surface area contributed by atoms with Gasteiger partial charge in [-0.3, -0.25) is 9.69 Å². The number of nitrogens with zero attached hydrogens (tertiary/aromatic N) is 4. The molecule has 0 aromatic rings. The highest BCUT2D eigenvalue weighted by Gasteiger charge is 2.15. The van der Waals surface area contributed by atoms with Crippen LogP contribution < -0.4 is 5.59 Å². The van der Waals surface area contributed by atoms with E-state index in [1.54, 1.807) is 10.2 Å². The van der Waals surface area contributed by atoms with Gasteiger partial charge in [0, 0.05) is 31.4 Å². The van der Waals surface area contributed by atoms with Crippen molar-refractivity contribution >= 4 is 18.6 Å². The lowest BCUT2D eigenvalue weighted by Crippen LogP contribution is -2.36. The van der Waals surface area contributed by atoms with Gasteiger partial charge in [0.1, 0.15) is 0 Å². The van der Waals surface area contributed by atoms with Gasteiger partial charge in [-0.05, 0) is 64.5 Å². The molecule has 0 rings (SSSR count). The van der Waals surface area contributed by atoms with Gasteiger partial charge in [-0.15, -0.1) is 0 Å². The molecular formula is C49H99N5O4. The Bertz CT molecular complexity index is 902. The fourth-order valence-electron chi connectivity index (χ4n) is 7.88. The van der Waals surface area contributed by atoms with Gasteiger partial charge in [-0.1, -0.05) is 181 Å². The minimum atomic E-state index is -0.0234. The summed E-state index contributed by atoms with van der Waals surface area (Å²) < 4.78 is 13.8. The summed E-state index contributed by atoms with van der Waals surface area (Å²) in [6, 6.07) is 0. The number of carbonyl (C=O) groups excluding carboxylic acids is 1. The van der Waals surface area contributed by atoms with Crippen molar-refractivity contribution in [3.8, 4) is 0 Å². The first kappa shape index (κ1) is 56.3. The molecule has 0 spiro atoms. The van der Waals surface area contributed by atoms with Gasteiger partial charge in [-0.25, -0.2) is 4.58 Å². The second-order valence-electron chi connectivity index (χ2n) is 17.4. The maximum atomic E-state index is 12.2. The van der Waals surface area contributed by atoms with Gasteiger partial charge in [0.05, 0.1) is 33.4 Å². The summed E-state index contributed by atoms with van der Waals surface area (Å²) in [5.74, 6) is 0.518. The number of nitrogens with one attached hydrogen (secondary N) is 1. The smallest absolute Gasteiger partial charge is 0.412 e. The van der Waals surface area contributed by atoms with Crippen LogP contribution >= 0.6 is 0 Å². The summed E-state index contributed by atoms with van der Waals surface area (Å²) in [5, 5.41) is 14.8. The number of guanidine groups is 1. The number of ether oxygens (including phenoxy) is 2. The molecule has 0 heterocycles. The fourth-order valence-corrected chi connectivity index (χ4v) is 7.88. The van der Waals surface area contributed by atoms with Crippen LogP contribution in [0.4, 0.5) is 0 Å². The van der Waals surface area contributed by atoms with E-state index >= 15 is 0 Å². The first-order chi connectivity index (χ1) is 28.4. The van der Waals surface area contributed by atoms with E-state index in [4.69, 9.17) is 9.47 Å². The van der Waals surface area contributed by atoms with Crippen molar-refractivity contribution in [2.75, 3.05) is 53.5 Å². The van der Waals surface area contributed by atoms with Crippen LogP contribution in [0.2, 0.25) is 0 Å². The Morgan fingerprint density at radius 1 is 0.586 bits per heavy atom. The highest BCUT2D eigenvalue weighted by atomic mass is 16.5. The van der Waals surface area contributed by atoms with Crippen LogP contribution in [-0.4, -0.2) is 92.6 Å². The number of rotatable bonds is 45. The van der Waals surface area contributed by atoms with E-state index in [2.05, 4.69) is 37.5 Å². The van der Waals surface area contributed by atoms with Crippen LogP contribution in [0, 0.1) is 5.21 Å². The monoisotopic (exact) mass is 822 g/mol. The molecule has 0 saturated carbocycles. The number of esters is 1. The van der Waals surface area contributed by atoms with Gasteiger partial charge in [0.25, 0.3) is 0 Å². The summed E-state index contributed by atoms with van der Waals surface area (Å²) in [6.07, 6.45) is 42.6. The zero-order valence-electron chi connectivity index (χ0n) is 39.5. The molecule has 0 fully saturated rings. The Balaban J connectivity index is 4.47. The highest BCUT2D eigenvalue weighted by Crippen LogP contribution is 2.18. The van der Waals surface area contributed by atoms with E-state index in [9.17, 15) is 10.0 Å². The van der Waals surface area contributed by atoms with Crippen LogP contribution in [0.15, 0.2) is 5.10 Å². The molecule has 344 valence electrons. The first-order valence-corrected chi connectivity index (χ1v) is 25.1. The zero-order chi connectivity index (χ0) is 42.6. The van der Waals surface area contributed by atoms with Gasteiger partial charge in [0.15, 0.2) is 0 Å². The Morgan fingerprint density at radius 3 is 1.48 bits per heavy atom. The summed E-state index contributed by atoms with van der Waals surface area (Å²) in [4.78, 5) is 16.6.